The highest BCUT2D eigenvalue weighted by molar-refractivity contribution is 6.38. The lowest BCUT2D eigenvalue weighted by atomic mass is 9.85. The molecule has 10 nitrogen and oxygen atoms in total. The van der Waals surface area contributed by atoms with E-state index in [1.165, 1.54) is 0 Å². The van der Waals surface area contributed by atoms with Gasteiger partial charge in [0, 0.05) is 18.6 Å². The number of piperidine rings is 1. The van der Waals surface area contributed by atoms with Crippen molar-refractivity contribution < 1.29 is 24.0 Å². The van der Waals surface area contributed by atoms with Gasteiger partial charge in [-0.2, -0.15) is 0 Å². The summed E-state index contributed by atoms with van der Waals surface area (Å²) in [4.78, 5) is 67.5. The van der Waals surface area contributed by atoms with Crippen LogP contribution in [0.5, 0.6) is 0 Å². The van der Waals surface area contributed by atoms with Crippen LogP contribution in [-0.4, -0.2) is 71.2 Å². The van der Waals surface area contributed by atoms with Gasteiger partial charge in [-0.15, -0.1) is 13.2 Å². The number of hydrogen-bond acceptors (Lipinski definition) is 5. The second-order valence-electron chi connectivity index (χ2n) is 13.7. The van der Waals surface area contributed by atoms with E-state index >= 15 is 0 Å². The van der Waals surface area contributed by atoms with E-state index in [9.17, 15) is 24.0 Å². The number of hydrogen-bond donors (Lipinski definition) is 4. The van der Waals surface area contributed by atoms with Crippen LogP contribution in [0.2, 0.25) is 0 Å². The molecule has 1 aliphatic carbocycles. The number of allylic oxidation sites excluding steroid dienone is 1. The number of amides is 5. The van der Waals surface area contributed by atoms with Gasteiger partial charge >= 0.3 is 6.03 Å². The van der Waals surface area contributed by atoms with Crippen molar-refractivity contribution in [3.05, 3.63) is 25.3 Å². The molecule has 1 saturated heterocycles. The highest BCUT2D eigenvalue weighted by Crippen LogP contribution is 2.65. The molecule has 2 rings (SSSR count). The molecule has 0 spiro atoms. The SMILES string of the molecule is C=CCCNC(=O)C(=O)C(CCC=C)NC(=O)[C@@H]1C2C(CN1C(=O)[C@@H](NC(=O)NC(C)(C)C)C(C)(C)C)C2(C)C. The van der Waals surface area contributed by atoms with E-state index in [0.717, 1.165) is 0 Å². The smallest absolute Gasteiger partial charge is 0.315 e. The van der Waals surface area contributed by atoms with Crippen molar-refractivity contribution >= 4 is 29.5 Å². The maximum atomic E-state index is 14.0. The van der Waals surface area contributed by atoms with Crippen LogP contribution in [-0.2, 0) is 19.2 Å². The monoisotopic (exact) mass is 559 g/mol. The molecule has 4 N–H and O–H groups in total. The second-order valence-corrected chi connectivity index (χ2v) is 13.7. The van der Waals surface area contributed by atoms with E-state index in [1.54, 1.807) is 17.1 Å². The van der Waals surface area contributed by atoms with Gasteiger partial charge in [-0.25, -0.2) is 4.79 Å². The zero-order valence-corrected chi connectivity index (χ0v) is 25.5. The lowest BCUT2D eigenvalue weighted by Crippen LogP contribution is -2.62. The number of fused-ring (bicyclic) bond motifs is 1. The third kappa shape index (κ3) is 7.95. The molecular weight excluding hydrogens is 510 g/mol. The fraction of sp³-hybridized carbons (Fsp3) is 0.700. The maximum Gasteiger partial charge on any atom is 0.315 e. The molecule has 1 saturated carbocycles. The molecule has 0 bridgehead atoms. The van der Waals surface area contributed by atoms with Gasteiger partial charge in [0.15, 0.2) is 0 Å². The Morgan fingerprint density at radius 1 is 0.975 bits per heavy atom. The van der Waals surface area contributed by atoms with Crippen LogP contribution in [0.25, 0.3) is 0 Å². The largest absolute Gasteiger partial charge is 0.349 e. The van der Waals surface area contributed by atoms with Gasteiger partial charge in [-0.05, 0) is 62.7 Å². The summed E-state index contributed by atoms with van der Waals surface area (Å²) in [6, 6.07) is -3.24. The zero-order chi connectivity index (χ0) is 30.6. The first-order valence-corrected chi connectivity index (χ1v) is 14.1. The molecule has 0 aromatic heterocycles. The number of nitrogens with one attached hydrogen (secondary N) is 4. The number of carbonyl (C=O) groups is 5. The van der Waals surface area contributed by atoms with Crippen LogP contribution >= 0.6 is 0 Å². The van der Waals surface area contributed by atoms with Crippen LogP contribution < -0.4 is 21.3 Å². The highest BCUT2D eigenvalue weighted by Gasteiger charge is 2.69. The van der Waals surface area contributed by atoms with E-state index in [4.69, 9.17) is 0 Å². The molecule has 3 unspecified atom stereocenters. The summed E-state index contributed by atoms with van der Waals surface area (Å²) in [5.74, 6) is -2.33. The molecular formula is C30H49N5O5. The summed E-state index contributed by atoms with van der Waals surface area (Å²) < 4.78 is 0. The minimum atomic E-state index is -1.05. The zero-order valence-electron chi connectivity index (χ0n) is 25.5. The molecule has 5 amide bonds. The predicted molar refractivity (Wildman–Crippen MR) is 155 cm³/mol. The number of carbonyl (C=O) groups excluding carboxylic acids is 5. The number of likely N-dealkylation sites (tertiary alicyclic amines) is 1. The van der Waals surface area contributed by atoms with Crippen LogP contribution in [0, 0.1) is 22.7 Å². The van der Waals surface area contributed by atoms with E-state index < -0.39 is 52.7 Å². The molecule has 0 aromatic carbocycles. The quantitative estimate of drug-likeness (QED) is 0.166. The third-order valence-electron chi connectivity index (χ3n) is 7.79. The number of Topliss-reactive ketones (excluding diaryl/α,β-unsaturated/α-hetero) is 1. The van der Waals surface area contributed by atoms with Crippen LogP contribution in [0.3, 0.4) is 0 Å². The van der Waals surface area contributed by atoms with Gasteiger partial charge < -0.3 is 26.2 Å². The maximum absolute atomic E-state index is 14.0. The normalized spacial score (nSPS) is 22.7. The number of urea groups is 1. The lowest BCUT2D eigenvalue weighted by molar-refractivity contribution is -0.145. The summed E-state index contributed by atoms with van der Waals surface area (Å²) in [7, 11) is 0. The minimum Gasteiger partial charge on any atom is -0.349 e. The topological polar surface area (TPSA) is 137 Å². The first kappa shape index (κ1) is 33.0. The average molecular weight is 560 g/mol. The fourth-order valence-electron chi connectivity index (χ4n) is 5.48. The van der Waals surface area contributed by atoms with Crippen molar-refractivity contribution in [1.29, 1.82) is 0 Å². The molecule has 2 aliphatic rings. The van der Waals surface area contributed by atoms with Crippen LogP contribution in [0.1, 0.15) is 74.7 Å². The summed E-state index contributed by atoms with van der Waals surface area (Å²) >= 11 is 0. The Kier molecular flexibility index (Phi) is 10.4. The van der Waals surface area contributed by atoms with E-state index in [-0.39, 0.29) is 36.1 Å². The highest BCUT2D eigenvalue weighted by atomic mass is 16.2. The van der Waals surface area contributed by atoms with Gasteiger partial charge in [-0.3, -0.25) is 19.2 Å². The molecule has 1 aliphatic heterocycles. The summed E-state index contributed by atoms with van der Waals surface area (Å²) in [6.45, 7) is 23.2. The molecule has 5 atom stereocenters. The minimum absolute atomic E-state index is 0.1000. The van der Waals surface area contributed by atoms with Crippen molar-refractivity contribution in [1.82, 2.24) is 26.2 Å². The van der Waals surface area contributed by atoms with Crippen LogP contribution in [0.4, 0.5) is 4.79 Å². The first-order chi connectivity index (χ1) is 18.4. The van der Waals surface area contributed by atoms with Crippen molar-refractivity contribution in [2.75, 3.05) is 13.1 Å². The number of ketones is 1. The van der Waals surface area contributed by atoms with Gasteiger partial charge in [0.05, 0.1) is 6.04 Å². The molecule has 224 valence electrons. The van der Waals surface area contributed by atoms with E-state index in [0.29, 0.717) is 19.4 Å². The van der Waals surface area contributed by atoms with Crippen LogP contribution in [0.15, 0.2) is 25.3 Å². The summed E-state index contributed by atoms with van der Waals surface area (Å²) in [5.41, 5.74) is -1.29. The van der Waals surface area contributed by atoms with Gasteiger partial charge in [0.1, 0.15) is 12.1 Å². The third-order valence-corrected chi connectivity index (χ3v) is 7.79. The van der Waals surface area contributed by atoms with Crippen molar-refractivity contribution in [2.45, 2.75) is 98.3 Å². The standard InChI is InChI=1S/C30H49N5O5/c1-11-13-15-19(22(36)25(38)31-16-14-12-2)32-24(37)21-20-18(30(20,9)10)17-35(21)26(39)23(28(3,4)5)33-27(40)34-29(6,7)8/h11-12,18-21,23H,1-2,13-17H2,3-10H3,(H,31,38)(H,32,37)(H2,33,34,40)/t18?,19?,20?,21-,23+/m0/s1. The number of nitrogens with zero attached hydrogens (tertiary/aromatic N) is 1. The summed E-state index contributed by atoms with van der Waals surface area (Å²) in [5, 5.41) is 11.0. The first-order valence-electron chi connectivity index (χ1n) is 14.1. The van der Waals surface area contributed by atoms with Gasteiger partial charge in [-0.1, -0.05) is 46.8 Å². The summed E-state index contributed by atoms with van der Waals surface area (Å²) in [6.07, 6.45) is 4.39. The Balaban J connectivity index is 2.30. The Morgan fingerprint density at radius 2 is 1.57 bits per heavy atom. The van der Waals surface area contributed by atoms with Gasteiger partial charge in [0.25, 0.3) is 5.91 Å². The molecule has 2 fully saturated rings. The van der Waals surface area contributed by atoms with Gasteiger partial charge in [0.2, 0.25) is 17.6 Å². The molecule has 0 aromatic rings. The van der Waals surface area contributed by atoms with Crippen molar-refractivity contribution in [2.24, 2.45) is 22.7 Å². The predicted octanol–water partition coefficient (Wildman–Crippen LogP) is 2.69. The van der Waals surface area contributed by atoms with E-state index in [1.807, 2.05) is 41.5 Å². The Hall–Kier alpha value is -3.17. The fourth-order valence-corrected chi connectivity index (χ4v) is 5.48. The second kappa shape index (κ2) is 12.6. The lowest BCUT2D eigenvalue weighted by Gasteiger charge is -2.38. The average Bonchev–Trinajstić information content (AvgIpc) is 3.15. The Labute approximate surface area is 239 Å². The van der Waals surface area contributed by atoms with Crippen molar-refractivity contribution in [3.63, 3.8) is 0 Å². The van der Waals surface area contributed by atoms with Crippen molar-refractivity contribution in [3.8, 4) is 0 Å². The molecule has 10 heteroatoms. The molecule has 40 heavy (non-hydrogen) atoms. The van der Waals surface area contributed by atoms with E-state index in [2.05, 4.69) is 48.3 Å². The Bertz CT molecular complexity index is 1020. The number of rotatable bonds is 12. The molecule has 0 radical (unpaired) electrons. The molecule has 1 heterocycles. The Morgan fingerprint density at radius 3 is 2.10 bits per heavy atom.